The van der Waals surface area contributed by atoms with E-state index in [1.165, 1.54) is 10.6 Å². The van der Waals surface area contributed by atoms with Crippen LogP contribution in [0.15, 0.2) is 18.5 Å². The molecule has 0 N–H and O–H groups in total. The predicted molar refractivity (Wildman–Crippen MR) is 58.3 cm³/mol. The molecule has 2 aromatic rings. The molecule has 84 valence electrons. The summed E-state index contributed by atoms with van der Waals surface area (Å²) in [4.78, 5) is 14.3. The van der Waals surface area contributed by atoms with Crippen LogP contribution in [0.5, 0.6) is 0 Å². The van der Waals surface area contributed by atoms with Crippen LogP contribution in [-0.4, -0.2) is 15.7 Å². The summed E-state index contributed by atoms with van der Waals surface area (Å²) in [5, 5.41) is 0. The fourth-order valence-electron chi connectivity index (χ4n) is 1.29. The number of pyridine rings is 1. The van der Waals surface area contributed by atoms with Gasteiger partial charge in [-0.15, -0.1) is 0 Å². The number of carbonyl (C=O) groups excluding carboxylic acids is 1. The highest BCUT2D eigenvalue weighted by atomic mass is 127. The quantitative estimate of drug-likeness (QED) is 0.591. The molecule has 2 heterocycles. The predicted octanol–water partition coefficient (Wildman–Crippen LogP) is 2.77. The Balaban J connectivity index is 2.71. The first-order chi connectivity index (χ1) is 7.41. The van der Waals surface area contributed by atoms with Crippen molar-refractivity contribution in [3.63, 3.8) is 0 Å². The number of carbonyl (C=O) groups is 1. The van der Waals surface area contributed by atoms with Gasteiger partial charge in [0.25, 0.3) is 0 Å². The molecule has 0 amide bonds. The van der Waals surface area contributed by atoms with Crippen LogP contribution in [0, 0.1) is 3.57 Å². The van der Waals surface area contributed by atoms with Crippen LogP contribution in [0.1, 0.15) is 16.1 Å². The fourth-order valence-corrected chi connectivity index (χ4v) is 2.02. The molecule has 0 aliphatic carbocycles. The molecule has 16 heavy (non-hydrogen) atoms. The maximum Gasteiger partial charge on any atom is 0.417 e. The van der Waals surface area contributed by atoms with E-state index in [1.54, 1.807) is 22.6 Å². The Morgan fingerprint density at radius 1 is 1.38 bits per heavy atom. The molecule has 0 aliphatic heterocycles. The van der Waals surface area contributed by atoms with Crippen molar-refractivity contribution < 1.29 is 18.0 Å². The molecule has 0 saturated carbocycles. The third kappa shape index (κ3) is 1.91. The third-order valence-electron chi connectivity index (χ3n) is 1.97. The Bertz CT molecular complexity index is 562. The van der Waals surface area contributed by atoms with Gasteiger partial charge >= 0.3 is 6.18 Å². The molecule has 0 saturated heterocycles. The summed E-state index contributed by atoms with van der Waals surface area (Å²) in [7, 11) is 0. The Labute approximate surface area is 101 Å². The first-order valence-electron chi connectivity index (χ1n) is 4.12. The zero-order valence-electron chi connectivity index (χ0n) is 7.62. The normalized spacial score (nSPS) is 12.0. The molecule has 0 bridgehead atoms. The number of aldehydes is 1. The van der Waals surface area contributed by atoms with E-state index in [-0.39, 0.29) is 5.69 Å². The monoisotopic (exact) mass is 340 g/mol. The molecule has 2 aromatic heterocycles. The lowest BCUT2D eigenvalue weighted by molar-refractivity contribution is -0.137. The minimum atomic E-state index is -4.40. The first kappa shape index (κ1) is 11.4. The molecular formula is C9H4F3IN2O. The van der Waals surface area contributed by atoms with Crippen molar-refractivity contribution in [1.82, 2.24) is 9.38 Å². The van der Waals surface area contributed by atoms with Gasteiger partial charge in [0.1, 0.15) is 5.69 Å². The number of alkyl halides is 3. The number of fused-ring (bicyclic) bond motifs is 1. The maximum absolute atomic E-state index is 12.5. The van der Waals surface area contributed by atoms with E-state index in [9.17, 15) is 18.0 Å². The molecule has 2 rings (SSSR count). The second-order valence-corrected chi connectivity index (χ2v) is 4.25. The van der Waals surface area contributed by atoms with Crippen LogP contribution in [0.2, 0.25) is 0 Å². The summed E-state index contributed by atoms with van der Waals surface area (Å²) >= 11 is 1.75. The summed E-state index contributed by atoms with van der Waals surface area (Å²) in [5.74, 6) is 0. The van der Waals surface area contributed by atoms with Crippen LogP contribution in [-0.2, 0) is 6.18 Å². The Kier molecular flexibility index (Phi) is 2.64. The molecule has 0 unspecified atom stereocenters. The minimum absolute atomic E-state index is 0.109. The SMILES string of the molecule is O=Cc1cn2cc(C(F)(F)F)cc(I)c2n1. The van der Waals surface area contributed by atoms with Gasteiger partial charge in [0, 0.05) is 12.4 Å². The van der Waals surface area contributed by atoms with Gasteiger partial charge in [-0.2, -0.15) is 13.2 Å². The van der Waals surface area contributed by atoms with Crippen molar-refractivity contribution in [3.8, 4) is 0 Å². The number of aromatic nitrogens is 2. The summed E-state index contributed by atoms with van der Waals surface area (Å²) in [6.45, 7) is 0. The van der Waals surface area contributed by atoms with E-state index in [1.807, 2.05) is 0 Å². The van der Waals surface area contributed by atoms with Gasteiger partial charge in [-0.1, -0.05) is 0 Å². The number of imidazole rings is 1. The second-order valence-electron chi connectivity index (χ2n) is 3.09. The lowest BCUT2D eigenvalue weighted by Crippen LogP contribution is -2.07. The summed E-state index contributed by atoms with van der Waals surface area (Å²) < 4.78 is 39.0. The molecule has 0 aliphatic rings. The lowest BCUT2D eigenvalue weighted by Gasteiger charge is -2.07. The fraction of sp³-hybridized carbons (Fsp3) is 0.111. The van der Waals surface area contributed by atoms with Gasteiger partial charge in [-0.3, -0.25) is 4.79 Å². The number of nitrogens with zero attached hydrogens (tertiary/aromatic N) is 2. The van der Waals surface area contributed by atoms with Gasteiger partial charge in [0.2, 0.25) is 0 Å². The highest BCUT2D eigenvalue weighted by Gasteiger charge is 2.31. The van der Waals surface area contributed by atoms with Gasteiger partial charge in [0.15, 0.2) is 11.9 Å². The zero-order chi connectivity index (χ0) is 11.9. The molecule has 0 atom stereocenters. The number of halogens is 4. The lowest BCUT2D eigenvalue weighted by atomic mass is 10.3. The molecule has 7 heteroatoms. The molecule has 0 fully saturated rings. The average molecular weight is 340 g/mol. The first-order valence-corrected chi connectivity index (χ1v) is 5.20. The van der Waals surface area contributed by atoms with Crippen LogP contribution in [0.25, 0.3) is 5.65 Å². The van der Waals surface area contributed by atoms with Gasteiger partial charge in [0.05, 0.1) is 9.13 Å². The van der Waals surface area contributed by atoms with Crippen LogP contribution >= 0.6 is 22.6 Å². The number of hydrogen-bond donors (Lipinski definition) is 0. The minimum Gasteiger partial charge on any atom is -0.305 e. The molecule has 0 aromatic carbocycles. The third-order valence-corrected chi connectivity index (χ3v) is 2.77. The van der Waals surface area contributed by atoms with E-state index in [4.69, 9.17) is 0 Å². The Hall–Kier alpha value is -1.12. The van der Waals surface area contributed by atoms with E-state index in [2.05, 4.69) is 4.98 Å². The molecule has 0 radical (unpaired) electrons. The van der Waals surface area contributed by atoms with E-state index in [0.29, 0.717) is 15.5 Å². The number of rotatable bonds is 1. The topological polar surface area (TPSA) is 34.4 Å². The standard InChI is InChI=1S/C9H4F3IN2O/c10-9(11,12)5-1-7(13)8-14-6(4-16)3-15(8)2-5/h1-4H. The maximum atomic E-state index is 12.5. The zero-order valence-corrected chi connectivity index (χ0v) is 9.78. The highest BCUT2D eigenvalue weighted by molar-refractivity contribution is 14.1. The van der Waals surface area contributed by atoms with Crippen molar-refractivity contribution >= 4 is 34.5 Å². The molecule has 0 spiro atoms. The van der Waals surface area contributed by atoms with Crippen molar-refractivity contribution in [2.45, 2.75) is 6.18 Å². The van der Waals surface area contributed by atoms with Crippen molar-refractivity contribution in [1.29, 1.82) is 0 Å². The van der Waals surface area contributed by atoms with Crippen molar-refractivity contribution in [3.05, 3.63) is 33.3 Å². The van der Waals surface area contributed by atoms with Crippen LogP contribution in [0.3, 0.4) is 0 Å². The van der Waals surface area contributed by atoms with Gasteiger partial charge in [-0.25, -0.2) is 4.98 Å². The van der Waals surface area contributed by atoms with E-state index >= 15 is 0 Å². The summed E-state index contributed by atoms with van der Waals surface area (Å²) in [6, 6.07) is 0.997. The average Bonchev–Trinajstić information content (AvgIpc) is 2.59. The van der Waals surface area contributed by atoms with Crippen molar-refractivity contribution in [2.75, 3.05) is 0 Å². The van der Waals surface area contributed by atoms with Gasteiger partial charge < -0.3 is 4.40 Å². The Morgan fingerprint density at radius 2 is 2.06 bits per heavy atom. The number of hydrogen-bond acceptors (Lipinski definition) is 2. The molecule has 3 nitrogen and oxygen atoms in total. The van der Waals surface area contributed by atoms with E-state index in [0.717, 1.165) is 12.3 Å². The Morgan fingerprint density at radius 3 is 2.62 bits per heavy atom. The van der Waals surface area contributed by atoms with Crippen LogP contribution in [0.4, 0.5) is 13.2 Å². The highest BCUT2D eigenvalue weighted by Crippen LogP contribution is 2.31. The summed E-state index contributed by atoms with van der Waals surface area (Å²) in [6.07, 6.45) is -1.73. The second kappa shape index (κ2) is 3.72. The largest absolute Gasteiger partial charge is 0.417 e. The van der Waals surface area contributed by atoms with E-state index < -0.39 is 11.7 Å². The van der Waals surface area contributed by atoms with Crippen molar-refractivity contribution in [2.24, 2.45) is 0 Å². The molecular weight excluding hydrogens is 336 g/mol. The summed E-state index contributed by atoms with van der Waals surface area (Å²) in [5.41, 5.74) is -0.313. The van der Waals surface area contributed by atoms with Crippen LogP contribution < -0.4 is 0 Å². The van der Waals surface area contributed by atoms with Gasteiger partial charge in [-0.05, 0) is 28.7 Å². The smallest absolute Gasteiger partial charge is 0.305 e.